The third-order valence-electron chi connectivity index (χ3n) is 7.22. The molecule has 0 aliphatic rings. The normalized spacial score (nSPS) is 10.7. The number of phenolic OH excluding ortho intramolecular Hbond substituents is 7. The van der Waals surface area contributed by atoms with Crippen molar-refractivity contribution in [3.63, 3.8) is 0 Å². The molecule has 7 nitrogen and oxygen atoms in total. The number of benzene rings is 4. The molecule has 0 bridgehead atoms. The topological polar surface area (TPSA) is 142 Å². The molecule has 0 aromatic heterocycles. The van der Waals surface area contributed by atoms with Crippen molar-refractivity contribution in [1.29, 1.82) is 0 Å². The zero-order chi connectivity index (χ0) is 37.2. The molecule has 0 atom stereocenters. The molecule has 0 aliphatic heterocycles. The van der Waals surface area contributed by atoms with Crippen LogP contribution >= 0.6 is 34.8 Å². The Bertz CT molecular complexity index is 1650. The molecule has 0 saturated heterocycles. The summed E-state index contributed by atoms with van der Waals surface area (Å²) in [5, 5.41) is 65.1. The van der Waals surface area contributed by atoms with Crippen LogP contribution in [-0.2, 0) is 0 Å². The summed E-state index contributed by atoms with van der Waals surface area (Å²) in [6.07, 6.45) is 0. The molecule has 0 heterocycles. The van der Waals surface area contributed by atoms with Gasteiger partial charge in [-0.25, -0.2) is 4.39 Å². The average molecular weight is 728 g/mol. The van der Waals surface area contributed by atoms with Gasteiger partial charge in [-0.05, 0) is 89.2 Å². The van der Waals surface area contributed by atoms with Crippen LogP contribution in [-0.4, -0.2) is 35.7 Å². The fraction of sp³-hybridized carbons (Fsp3) is 0.351. The Kier molecular flexibility index (Phi) is 16.5. The van der Waals surface area contributed by atoms with Crippen LogP contribution in [0.1, 0.15) is 107 Å². The van der Waals surface area contributed by atoms with Gasteiger partial charge in [0.15, 0.2) is 40.3 Å². The second kappa shape index (κ2) is 18.7. The number of phenols is 7. The smallest absolute Gasteiger partial charge is 0.194 e. The first kappa shape index (κ1) is 42.3. The first-order chi connectivity index (χ1) is 22.1. The van der Waals surface area contributed by atoms with Crippen LogP contribution in [0.2, 0.25) is 15.1 Å². The Balaban J connectivity index is 0.000000320. The van der Waals surface area contributed by atoms with Gasteiger partial charge in [0.1, 0.15) is 5.75 Å². The van der Waals surface area contributed by atoms with E-state index in [0.717, 1.165) is 16.7 Å². The van der Waals surface area contributed by atoms with Crippen LogP contribution in [0.3, 0.4) is 0 Å². The summed E-state index contributed by atoms with van der Waals surface area (Å²) in [4.78, 5) is 0. The average Bonchev–Trinajstić information content (AvgIpc) is 3.01. The largest absolute Gasteiger partial charge is 0.506 e. The highest BCUT2D eigenvalue weighted by Crippen LogP contribution is 2.39. The predicted octanol–water partition coefficient (Wildman–Crippen LogP) is 11.6. The van der Waals surface area contributed by atoms with Gasteiger partial charge in [0.05, 0.1) is 10.0 Å². The highest BCUT2D eigenvalue weighted by atomic mass is 35.5. The molecule has 0 radical (unpaired) electrons. The van der Waals surface area contributed by atoms with Gasteiger partial charge in [0.2, 0.25) is 0 Å². The minimum Gasteiger partial charge on any atom is -0.506 e. The molecule has 0 amide bonds. The van der Waals surface area contributed by atoms with Crippen molar-refractivity contribution in [2.75, 3.05) is 0 Å². The molecule has 48 heavy (non-hydrogen) atoms. The Hall–Kier alpha value is -3.72. The maximum absolute atomic E-state index is 12.8. The van der Waals surface area contributed by atoms with E-state index in [0.29, 0.717) is 27.1 Å². The second-order valence-corrected chi connectivity index (χ2v) is 13.5. The molecule has 0 saturated carbocycles. The fourth-order valence-corrected chi connectivity index (χ4v) is 5.00. The van der Waals surface area contributed by atoms with E-state index in [-0.39, 0.29) is 51.5 Å². The van der Waals surface area contributed by atoms with Crippen molar-refractivity contribution in [3.8, 4) is 40.2 Å². The molecule has 264 valence electrons. The van der Waals surface area contributed by atoms with E-state index in [4.69, 9.17) is 60.3 Å². The Morgan fingerprint density at radius 3 is 1.42 bits per heavy atom. The van der Waals surface area contributed by atoms with Gasteiger partial charge in [0.25, 0.3) is 0 Å². The number of hydrogen-bond acceptors (Lipinski definition) is 7. The van der Waals surface area contributed by atoms with Crippen molar-refractivity contribution in [2.24, 2.45) is 0 Å². The van der Waals surface area contributed by atoms with Gasteiger partial charge in [-0.1, -0.05) is 102 Å². The first-order valence-corrected chi connectivity index (χ1v) is 16.4. The van der Waals surface area contributed by atoms with Crippen LogP contribution in [0.25, 0.3) is 0 Å². The summed E-state index contributed by atoms with van der Waals surface area (Å²) >= 11 is 17.7. The van der Waals surface area contributed by atoms with Gasteiger partial charge in [0, 0.05) is 10.6 Å². The fourth-order valence-electron chi connectivity index (χ4n) is 4.00. The molecule has 11 heteroatoms. The van der Waals surface area contributed by atoms with Gasteiger partial charge < -0.3 is 35.7 Å². The minimum absolute atomic E-state index is 0.0452. The first-order valence-electron chi connectivity index (χ1n) is 15.2. The third kappa shape index (κ3) is 11.8. The monoisotopic (exact) mass is 726 g/mol. The summed E-state index contributed by atoms with van der Waals surface area (Å²) in [6, 6.07) is 12.4. The number of hydrogen-bond donors (Lipinski definition) is 7. The molecule has 4 aromatic carbocycles. The lowest BCUT2D eigenvalue weighted by Gasteiger charge is -2.12. The van der Waals surface area contributed by atoms with E-state index in [9.17, 15) is 14.6 Å². The number of halogens is 4. The standard InChI is InChI=1S/C10H12Cl2O.C9H11ClO2.C9H11FO2.C9H12O2/c1-5(2)7-4-8(11)6(3)10(13)9(7)12;1-5(2)6-3-4-7(11)9(12)8(6)10;1-5(2)6-3-7(10)9(12)8(11)4-6;1-6(2)7-3-4-8(10)9(11)5-7/h4-5,13H,1-3H3;2*3-5,11-12H,1-2H3;3-6,10-11H,1-2H3. The molecule has 0 spiro atoms. The minimum atomic E-state index is -0.779. The lowest BCUT2D eigenvalue weighted by atomic mass is 10.0. The van der Waals surface area contributed by atoms with Crippen molar-refractivity contribution in [1.82, 2.24) is 0 Å². The van der Waals surface area contributed by atoms with Crippen LogP contribution in [0.4, 0.5) is 4.39 Å². The highest BCUT2D eigenvalue weighted by molar-refractivity contribution is 6.35. The maximum Gasteiger partial charge on any atom is 0.194 e. The summed E-state index contributed by atoms with van der Waals surface area (Å²) < 4.78 is 12.8. The van der Waals surface area contributed by atoms with E-state index in [1.54, 1.807) is 25.1 Å². The van der Waals surface area contributed by atoms with Crippen LogP contribution in [0.15, 0.2) is 48.5 Å². The summed E-state index contributed by atoms with van der Waals surface area (Å²) in [6.45, 7) is 17.5. The van der Waals surface area contributed by atoms with Crippen molar-refractivity contribution >= 4 is 34.8 Å². The summed E-state index contributed by atoms with van der Waals surface area (Å²) in [5.74, 6) is -1.28. The number of rotatable bonds is 4. The van der Waals surface area contributed by atoms with E-state index in [2.05, 4.69) is 0 Å². The van der Waals surface area contributed by atoms with Gasteiger partial charge in [-0.15, -0.1) is 0 Å². The lowest BCUT2D eigenvalue weighted by molar-refractivity contribution is 0.378. The number of aromatic hydroxyl groups is 7. The zero-order valence-corrected chi connectivity index (χ0v) is 30.8. The van der Waals surface area contributed by atoms with Crippen molar-refractivity contribution < 1.29 is 40.1 Å². The van der Waals surface area contributed by atoms with E-state index >= 15 is 0 Å². The Morgan fingerprint density at radius 2 is 0.958 bits per heavy atom. The van der Waals surface area contributed by atoms with Crippen LogP contribution in [0.5, 0.6) is 40.2 Å². The van der Waals surface area contributed by atoms with Gasteiger partial charge in [-0.3, -0.25) is 0 Å². The van der Waals surface area contributed by atoms with E-state index < -0.39 is 17.3 Å². The zero-order valence-electron chi connectivity index (χ0n) is 28.6. The summed E-state index contributed by atoms with van der Waals surface area (Å²) in [7, 11) is 0. The van der Waals surface area contributed by atoms with Crippen molar-refractivity contribution in [2.45, 2.75) is 86.0 Å². The molecular formula is C37H46Cl3FO7. The van der Waals surface area contributed by atoms with Crippen LogP contribution < -0.4 is 0 Å². The van der Waals surface area contributed by atoms with Gasteiger partial charge >= 0.3 is 0 Å². The second-order valence-electron chi connectivity index (χ2n) is 12.3. The molecule has 0 fully saturated rings. The molecule has 4 rings (SSSR count). The summed E-state index contributed by atoms with van der Waals surface area (Å²) in [5.41, 5.74) is 4.06. The molecule has 0 unspecified atom stereocenters. The molecule has 7 N–H and O–H groups in total. The maximum atomic E-state index is 12.8. The molecule has 0 aliphatic carbocycles. The van der Waals surface area contributed by atoms with E-state index in [1.807, 2.05) is 61.5 Å². The molecular weight excluding hydrogens is 682 g/mol. The SMILES string of the molecule is CC(C)c1cc(O)c(O)c(F)c1.CC(C)c1ccc(O)c(O)c1.CC(C)c1ccc(O)c(O)c1Cl.Cc1c(Cl)cc(C(C)C)c(Cl)c1O. The Morgan fingerprint density at radius 1 is 0.479 bits per heavy atom. The van der Waals surface area contributed by atoms with Gasteiger partial charge in [-0.2, -0.15) is 0 Å². The quantitative estimate of drug-likeness (QED) is 0.104. The van der Waals surface area contributed by atoms with E-state index in [1.165, 1.54) is 24.3 Å². The van der Waals surface area contributed by atoms with Crippen molar-refractivity contribution in [3.05, 3.63) is 97.2 Å². The predicted molar refractivity (Wildman–Crippen MR) is 194 cm³/mol. The molecule has 4 aromatic rings. The Labute approximate surface area is 297 Å². The highest BCUT2D eigenvalue weighted by Gasteiger charge is 2.15. The third-order valence-corrected chi connectivity index (χ3v) is 8.41. The lowest BCUT2D eigenvalue weighted by Crippen LogP contribution is -1.91. The van der Waals surface area contributed by atoms with Crippen LogP contribution in [0, 0.1) is 12.7 Å².